The van der Waals surface area contributed by atoms with E-state index < -0.39 is 0 Å². The van der Waals surface area contributed by atoms with E-state index in [0.717, 1.165) is 44.4 Å². The first-order chi connectivity index (χ1) is 30.2. The summed E-state index contributed by atoms with van der Waals surface area (Å²) in [7, 11) is 0. The number of hydrogen-bond donors (Lipinski definition) is 0. The van der Waals surface area contributed by atoms with Crippen molar-refractivity contribution in [3.63, 3.8) is 0 Å². The third kappa shape index (κ3) is 5.28. The topological polar surface area (TPSA) is 16.4 Å². The smallest absolute Gasteiger partial charge is 0.143 e. The molecule has 0 atom stereocenters. The fourth-order valence-electron chi connectivity index (χ4n) is 9.87. The van der Waals surface area contributed by atoms with Crippen LogP contribution in [-0.4, -0.2) is 0 Å². The Morgan fingerprint density at radius 3 is 1.56 bits per heavy atom. The minimum Gasteiger partial charge on any atom is -0.455 e. The molecule has 0 aliphatic rings. The summed E-state index contributed by atoms with van der Waals surface area (Å²) < 4.78 is 9.60. The molecule has 2 aromatic heterocycles. The molecule has 0 spiro atoms. The predicted molar refractivity (Wildman–Crippen MR) is 262 cm³/mol. The van der Waals surface area contributed by atoms with Gasteiger partial charge in [-0.15, -0.1) is 11.3 Å². The summed E-state index contributed by atoms with van der Waals surface area (Å²) in [4.78, 5) is 2.41. The molecule has 13 rings (SSSR count). The summed E-state index contributed by atoms with van der Waals surface area (Å²) in [5.41, 5.74) is 9.91. The van der Waals surface area contributed by atoms with Crippen LogP contribution in [0, 0.1) is 0 Å². The lowest BCUT2D eigenvalue weighted by Crippen LogP contribution is -2.10. The van der Waals surface area contributed by atoms with Gasteiger partial charge < -0.3 is 9.32 Å². The Hall–Kier alpha value is -7.72. The zero-order chi connectivity index (χ0) is 40.0. The molecule has 3 heteroatoms. The van der Waals surface area contributed by atoms with Crippen LogP contribution in [0.4, 0.5) is 17.1 Å². The van der Waals surface area contributed by atoms with Gasteiger partial charge in [-0.1, -0.05) is 158 Å². The predicted octanol–water partition coefficient (Wildman–Crippen LogP) is 17.4. The van der Waals surface area contributed by atoms with Crippen LogP contribution in [0.25, 0.3) is 107 Å². The Morgan fingerprint density at radius 2 is 0.869 bits per heavy atom. The van der Waals surface area contributed by atoms with Gasteiger partial charge in [0.15, 0.2) is 0 Å². The van der Waals surface area contributed by atoms with Crippen molar-refractivity contribution in [2.75, 3.05) is 4.90 Å². The van der Waals surface area contributed by atoms with E-state index in [9.17, 15) is 0 Å². The van der Waals surface area contributed by atoms with Gasteiger partial charge in [0.25, 0.3) is 0 Å². The van der Waals surface area contributed by atoms with Crippen molar-refractivity contribution in [2.45, 2.75) is 0 Å². The molecule has 0 radical (unpaired) electrons. The number of benzene rings is 11. The molecule has 11 aromatic carbocycles. The first-order valence-corrected chi connectivity index (χ1v) is 21.6. The highest BCUT2D eigenvalue weighted by atomic mass is 32.1. The van der Waals surface area contributed by atoms with E-state index in [1.807, 2.05) is 11.3 Å². The number of anilines is 3. The van der Waals surface area contributed by atoms with E-state index in [2.05, 4.69) is 217 Å². The number of fused-ring (bicyclic) bond motifs is 11. The Bertz CT molecular complexity index is 3830. The number of thiophene rings is 1. The molecule has 0 saturated carbocycles. The molecule has 0 saturated heterocycles. The van der Waals surface area contributed by atoms with Gasteiger partial charge in [-0.05, 0) is 115 Å². The van der Waals surface area contributed by atoms with E-state index in [0.29, 0.717) is 0 Å². The molecule has 0 fully saturated rings. The van der Waals surface area contributed by atoms with Gasteiger partial charge in [0.2, 0.25) is 0 Å². The van der Waals surface area contributed by atoms with Crippen LogP contribution in [-0.2, 0) is 0 Å². The number of rotatable bonds is 5. The zero-order valence-electron chi connectivity index (χ0n) is 33.0. The van der Waals surface area contributed by atoms with Gasteiger partial charge in [-0.2, -0.15) is 0 Å². The van der Waals surface area contributed by atoms with E-state index in [-0.39, 0.29) is 0 Å². The molecule has 61 heavy (non-hydrogen) atoms. The second-order valence-electron chi connectivity index (χ2n) is 16.0. The maximum absolute atomic E-state index is 6.97. The molecule has 2 heterocycles. The lowest BCUT2D eigenvalue weighted by atomic mass is 9.88. The van der Waals surface area contributed by atoms with Gasteiger partial charge >= 0.3 is 0 Å². The molecule has 0 unspecified atom stereocenters. The molecule has 0 amide bonds. The van der Waals surface area contributed by atoms with Gasteiger partial charge in [-0.3, -0.25) is 0 Å². The van der Waals surface area contributed by atoms with Crippen LogP contribution in [0.1, 0.15) is 0 Å². The largest absolute Gasteiger partial charge is 0.455 e. The van der Waals surface area contributed by atoms with E-state index in [1.165, 1.54) is 80.1 Å². The first kappa shape index (κ1) is 34.2. The van der Waals surface area contributed by atoms with Crippen molar-refractivity contribution in [1.29, 1.82) is 0 Å². The lowest BCUT2D eigenvalue weighted by molar-refractivity contribution is 0.672. The minimum absolute atomic E-state index is 0.859. The molecule has 13 aromatic rings. The summed E-state index contributed by atoms with van der Waals surface area (Å²) >= 11 is 1.87. The van der Waals surface area contributed by atoms with E-state index in [1.54, 1.807) is 0 Å². The van der Waals surface area contributed by atoms with E-state index >= 15 is 0 Å². The highest BCUT2D eigenvalue weighted by molar-refractivity contribution is 7.25. The number of furan rings is 1. The monoisotopic (exact) mass is 793 g/mol. The van der Waals surface area contributed by atoms with Gasteiger partial charge in [0, 0.05) is 42.3 Å². The maximum Gasteiger partial charge on any atom is 0.143 e. The molecule has 2 nitrogen and oxygen atoms in total. The number of hydrogen-bond acceptors (Lipinski definition) is 3. The molecule has 0 bridgehead atoms. The quantitative estimate of drug-likeness (QED) is 0.173. The fourth-order valence-corrected chi connectivity index (χ4v) is 11.0. The molecule has 0 N–H and O–H groups in total. The molecule has 284 valence electrons. The van der Waals surface area contributed by atoms with E-state index in [4.69, 9.17) is 4.42 Å². The van der Waals surface area contributed by atoms with Crippen molar-refractivity contribution < 1.29 is 4.42 Å². The normalized spacial score (nSPS) is 11.9. The van der Waals surface area contributed by atoms with Crippen molar-refractivity contribution in [3.05, 3.63) is 212 Å². The minimum atomic E-state index is 0.859. The maximum atomic E-state index is 6.97. The number of nitrogens with zero attached hydrogens (tertiary/aromatic N) is 1. The van der Waals surface area contributed by atoms with Crippen LogP contribution < -0.4 is 4.90 Å². The van der Waals surface area contributed by atoms with Crippen LogP contribution in [0.3, 0.4) is 0 Å². The molecular formula is C58H35NOS. The Kier molecular flexibility index (Phi) is 7.51. The third-order valence-electron chi connectivity index (χ3n) is 12.6. The van der Waals surface area contributed by atoms with Crippen molar-refractivity contribution in [1.82, 2.24) is 0 Å². The lowest BCUT2D eigenvalue weighted by Gasteiger charge is -2.27. The molecule has 0 aliphatic heterocycles. The van der Waals surface area contributed by atoms with Crippen LogP contribution in [0.2, 0.25) is 0 Å². The van der Waals surface area contributed by atoms with Crippen molar-refractivity contribution in [2.24, 2.45) is 0 Å². The van der Waals surface area contributed by atoms with Gasteiger partial charge in [0.05, 0.1) is 11.1 Å². The molecular weight excluding hydrogens is 759 g/mol. The molecule has 0 aliphatic carbocycles. The summed E-state index contributed by atoms with van der Waals surface area (Å²) in [6.45, 7) is 0. The SMILES string of the molecule is c1ccc2cc(N(c3ccc4ccccc4c3)c3cccc4oc5c6ccccc6c(-c6ccc(-c7cccc8sc9ccccc9c78)c7ccccc67)cc5c34)ccc2c1. The third-order valence-corrected chi connectivity index (χ3v) is 13.7. The van der Waals surface area contributed by atoms with Crippen LogP contribution in [0.5, 0.6) is 0 Å². The van der Waals surface area contributed by atoms with Crippen molar-refractivity contribution in [3.8, 4) is 22.3 Å². The van der Waals surface area contributed by atoms with Gasteiger partial charge in [0.1, 0.15) is 11.2 Å². The average Bonchev–Trinajstić information content (AvgIpc) is 3.90. The average molecular weight is 794 g/mol. The summed E-state index contributed by atoms with van der Waals surface area (Å²) in [5.74, 6) is 0. The Labute approximate surface area is 355 Å². The standard InChI is InChI=1S/C58H35NOS/c1-3-15-38-33-40(29-27-36(38)13-1)59(41-30-28-37-14-2-4-16-39(37)34-41)52-23-12-24-53-57(52)51-35-50(44-19-7-8-20-48(44)58(51)60-53)46-32-31-45(42-17-5-6-18-43(42)46)47-22-11-26-55-56(47)49-21-9-10-25-54(49)61-55/h1-35H. The Morgan fingerprint density at radius 1 is 0.328 bits per heavy atom. The fraction of sp³-hybridized carbons (Fsp3) is 0. The second kappa shape index (κ2) is 13.4. The van der Waals surface area contributed by atoms with Crippen molar-refractivity contribution >= 4 is 114 Å². The van der Waals surface area contributed by atoms with Crippen LogP contribution >= 0.6 is 11.3 Å². The summed E-state index contributed by atoms with van der Waals surface area (Å²) in [5, 5.41) is 14.4. The highest BCUT2D eigenvalue weighted by Gasteiger charge is 2.23. The second-order valence-corrected chi connectivity index (χ2v) is 17.1. The van der Waals surface area contributed by atoms with Gasteiger partial charge in [-0.25, -0.2) is 0 Å². The zero-order valence-corrected chi connectivity index (χ0v) is 33.8. The highest BCUT2D eigenvalue weighted by Crippen LogP contribution is 2.49. The summed E-state index contributed by atoms with van der Waals surface area (Å²) in [6.07, 6.45) is 0. The first-order valence-electron chi connectivity index (χ1n) is 20.8. The summed E-state index contributed by atoms with van der Waals surface area (Å²) in [6, 6.07) is 77.5. The Balaban J connectivity index is 1.08. The van der Waals surface area contributed by atoms with Crippen LogP contribution in [0.15, 0.2) is 217 Å².